The van der Waals surface area contributed by atoms with Crippen molar-refractivity contribution in [3.8, 4) is 0 Å². The van der Waals surface area contributed by atoms with E-state index in [9.17, 15) is 4.79 Å². The molecule has 0 saturated heterocycles. The highest BCUT2D eigenvalue weighted by atomic mass is 79.9. The fraction of sp³-hybridized carbons (Fsp3) is 0.385. The third kappa shape index (κ3) is 2.90. The molecule has 0 aromatic carbocycles. The van der Waals surface area contributed by atoms with Crippen LogP contribution >= 0.6 is 38.6 Å². The third-order valence-electron chi connectivity index (χ3n) is 3.24. The lowest BCUT2D eigenvalue weighted by Crippen LogP contribution is -2.11. The lowest BCUT2D eigenvalue weighted by Gasteiger charge is -2.15. The van der Waals surface area contributed by atoms with Crippen LogP contribution in [-0.4, -0.2) is 10.9 Å². The number of thiazole rings is 1. The van der Waals surface area contributed by atoms with Gasteiger partial charge in [-0.25, -0.2) is 4.98 Å². The summed E-state index contributed by atoms with van der Waals surface area (Å²) in [4.78, 5) is 17.9. The number of thiophene rings is 1. The molecule has 2 aromatic rings. The van der Waals surface area contributed by atoms with Gasteiger partial charge in [0.2, 0.25) is 0 Å². The largest absolute Gasteiger partial charge is 0.298 e. The molecule has 2 aromatic heterocycles. The van der Waals surface area contributed by atoms with Crippen molar-refractivity contribution in [3.05, 3.63) is 31.4 Å². The molecule has 1 atom stereocenters. The molecular weight excluding hydrogens is 344 g/mol. The number of nitrogens with zero attached hydrogens (tertiary/aromatic N) is 1. The van der Waals surface area contributed by atoms with Crippen LogP contribution in [0.25, 0.3) is 0 Å². The van der Waals surface area contributed by atoms with Crippen molar-refractivity contribution in [2.75, 3.05) is 5.32 Å². The van der Waals surface area contributed by atoms with E-state index in [2.05, 4.69) is 33.2 Å². The van der Waals surface area contributed by atoms with Crippen LogP contribution in [0, 0.1) is 5.92 Å². The second-order valence-corrected chi connectivity index (χ2v) is 8.20. The Morgan fingerprint density at radius 1 is 1.58 bits per heavy atom. The maximum atomic E-state index is 12.0. The number of carbonyl (C=O) groups is 1. The first-order valence-electron chi connectivity index (χ1n) is 6.16. The van der Waals surface area contributed by atoms with Crippen molar-refractivity contribution in [3.63, 3.8) is 0 Å². The molecule has 0 bridgehead atoms. The Hall–Kier alpha value is -0.720. The summed E-state index contributed by atoms with van der Waals surface area (Å²) in [7, 11) is 0. The molecule has 6 heteroatoms. The maximum Gasteiger partial charge on any atom is 0.258 e. The Balaban J connectivity index is 1.75. The average Bonchev–Trinajstić information content (AvgIpc) is 2.94. The first kappa shape index (κ1) is 13.3. The van der Waals surface area contributed by atoms with Gasteiger partial charge in [0.15, 0.2) is 5.13 Å². The first-order valence-corrected chi connectivity index (χ1v) is 8.64. The van der Waals surface area contributed by atoms with Crippen LogP contribution < -0.4 is 5.32 Å². The molecule has 0 aliphatic heterocycles. The van der Waals surface area contributed by atoms with Crippen LogP contribution in [0.4, 0.5) is 5.13 Å². The summed E-state index contributed by atoms with van der Waals surface area (Å²) in [6.45, 7) is 2.27. The highest BCUT2D eigenvalue weighted by Gasteiger charge is 2.20. The molecule has 3 nitrogen and oxygen atoms in total. The summed E-state index contributed by atoms with van der Waals surface area (Å²) < 4.78 is 0.963. The molecule has 0 saturated carbocycles. The molecule has 1 N–H and O–H groups in total. The van der Waals surface area contributed by atoms with E-state index >= 15 is 0 Å². The zero-order chi connectivity index (χ0) is 13.4. The van der Waals surface area contributed by atoms with Crippen LogP contribution in [0.5, 0.6) is 0 Å². The Morgan fingerprint density at radius 2 is 2.42 bits per heavy atom. The van der Waals surface area contributed by atoms with Crippen molar-refractivity contribution < 1.29 is 4.79 Å². The van der Waals surface area contributed by atoms with E-state index in [-0.39, 0.29) is 5.91 Å². The molecule has 19 heavy (non-hydrogen) atoms. The summed E-state index contributed by atoms with van der Waals surface area (Å²) in [6, 6.07) is 1.83. The fourth-order valence-corrected chi connectivity index (χ4v) is 4.49. The summed E-state index contributed by atoms with van der Waals surface area (Å²) in [5.41, 5.74) is 1.85. The number of halogens is 1. The van der Waals surface area contributed by atoms with Crippen LogP contribution in [0.1, 0.15) is 34.3 Å². The van der Waals surface area contributed by atoms with Gasteiger partial charge in [-0.05, 0) is 47.2 Å². The number of hydrogen-bond acceptors (Lipinski definition) is 4. The van der Waals surface area contributed by atoms with Crippen molar-refractivity contribution in [1.29, 1.82) is 0 Å². The summed E-state index contributed by atoms with van der Waals surface area (Å²) in [6.07, 6.45) is 3.32. The molecule has 1 amide bonds. The first-order chi connectivity index (χ1) is 9.11. The van der Waals surface area contributed by atoms with Crippen molar-refractivity contribution in [2.45, 2.75) is 26.2 Å². The van der Waals surface area contributed by atoms with Crippen LogP contribution in [0.2, 0.25) is 0 Å². The van der Waals surface area contributed by atoms with E-state index in [0.717, 1.165) is 27.7 Å². The number of anilines is 1. The maximum absolute atomic E-state index is 12.0. The highest BCUT2D eigenvalue weighted by Crippen LogP contribution is 2.32. The number of hydrogen-bond donors (Lipinski definition) is 1. The number of fused-ring (bicyclic) bond motifs is 1. The van der Waals surface area contributed by atoms with Gasteiger partial charge >= 0.3 is 0 Å². The predicted molar refractivity (Wildman–Crippen MR) is 83.3 cm³/mol. The molecule has 1 aliphatic carbocycles. The van der Waals surface area contributed by atoms with E-state index in [1.165, 1.54) is 28.3 Å². The Kier molecular flexibility index (Phi) is 3.73. The Bertz CT molecular complexity index is 620. The van der Waals surface area contributed by atoms with E-state index in [1.807, 2.05) is 11.4 Å². The fourth-order valence-electron chi connectivity index (χ4n) is 2.19. The molecule has 1 unspecified atom stereocenters. The normalized spacial score (nSPS) is 18.1. The zero-order valence-electron chi connectivity index (χ0n) is 10.4. The van der Waals surface area contributed by atoms with Crippen molar-refractivity contribution >= 4 is 49.6 Å². The van der Waals surface area contributed by atoms with E-state index < -0.39 is 0 Å². The topological polar surface area (TPSA) is 42.0 Å². The minimum atomic E-state index is -0.0823. The smallest absolute Gasteiger partial charge is 0.258 e. The van der Waals surface area contributed by atoms with Crippen LogP contribution in [0.3, 0.4) is 0 Å². The summed E-state index contributed by atoms with van der Waals surface area (Å²) in [5.74, 6) is 0.644. The van der Waals surface area contributed by atoms with Gasteiger partial charge in [0.05, 0.1) is 15.0 Å². The lowest BCUT2D eigenvalue weighted by molar-refractivity contribution is 0.102. The van der Waals surface area contributed by atoms with Gasteiger partial charge in [-0.3, -0.25) is 10.1 Å². The number of carbonyl (C=O) groups excluding carboxylic acids is 1. The van der Waals surface area contributed by atoms with Gasteiger partial charge in [0, 0.05) is 10.3 Å². The number of aryl methyl sites for hydroxylation is 1. The lowest BCUT2D eigenvalue weighted by atomic mass is 9.93. The van der Waals surface area contributed by atoms with E-state index in [1.54, 1.807) is 11.3 Å². The van der Waals surface area contributed by atoms with E-state index in [0.29, 0.717) is 5.56 Å². The van der Waals surface area contributed by atoms with Gasteiger partial charge in [-0.2, -0.15) is 0 Å². The molecule has 2 heterocycles. The molecule has 0 fully saturated rings. The zero-order valence-corrected chi connectivity index (χ0v) is 13.6. The van der Waals surface area contributed by atoms with Gasteiger partial charge < -0.3 is 0 Å². The second kappa shape index (κ2) is 5.34. The van der Waals surface area contributed by atoms with Gasteiger partial charge in [0.1, 0.15) is 0 Å². The van der Waals surface area contributed by atoms with Crippen LogP contribution in [-0.2, 0) is 12.8 Å². The molecular formula is C13H13BrN2OS2. The SMILES string of the molecule is CC1CCc2nc(NC(=O)c3csc(Br)c3)sc2C1. The Morgan fingerprint density at radius 3 is 3.16 bits per heavy atom. The van der Waals surface area contributed by atoms with Gasteiger partial charge in [-0.15, -0.1) is 22.7 Å². The van der Waals surface area contributed by atoms with Gasteiger partial charge in [0.25, 0.3) is 5.91 Å². The quantitative estimate of drug-likeness (QED) is 0.869. The number of amides is 1. The highest BCUT2D eigenvalue weighted by molar-refractivity contribution is 9.11. The summed E-state index contributed by atoms with van der Waals surface area (Å²) in [5, 5.41) is 5.47. The molecule has 3 rings (SSSR count). The number of aromatic nitrogens is 1. The second-order valence-electron chi connectivity index (χ2n) is 4.83. The molecule has 100 valence electrons. The summed E-state index contributed by atoms with van der Waals surface area (Å²) >= 11 is 6.49. The average molecular weight is 357 g/mol. The number of rotatable bonds is 2. The minimum Gasteiger partial charge on any atom is -0.298 e. The molecule has 1 aliphatic rings. The monoisotopic (exact) mass is 356 g/mol. The third-order valence-corrected chi connectivity index (χ3v) is 5.78. The van der Waals surface area contributed by atoms with Crippen LogP contribution in [0.15, 0.2) is 15.2 Å². The Labute approximate surface area is 128 Å². The standard InChI is InChI=1S/C13H13BrN2OS2/c1-7-2-3-9-10(4-7)19-13(15-9)16-12(17)8-5-11(14)18-6-8/h5-7H,2-4H2,1H3,(H,15,16,17). The van der Waals surface area contributed by atoms with Crippen molar-refractivity contribution in [2.24, 2.45) is 5.92 Å². The molecule has 0 radical (unpaired) electrons. The number of nitrogens with one attached hydrogen (secondary N) is 1. The van der Waals surface area contributed by atoms with Gasteiger partial charge in [-0.1, -0.05) is 6.92 Å². The van der Waals surface area contributed by atoms with Crippen molar-refractivity contribution in [1.82, 2.24) is 4.98 Å². The predicted octanol–water partition coefficient (Wildman–Crippen LogP) is 4.34. The molecule has 0 spiro atoms. The van der Waals surface area contributed by atoms with E-state index in [4.69, 9.17) is 0 Å². The minimum absolute atomic E-state index is 0.0823.